The van der Waals surface area contributed by atoms with Gasteiger partial charge in [-0.05, 0) is 49.4 Å². The smallest absolute Gasteiger partial charge is 0.326 e. The molecule has 0 radical (unpaired) electrons. The molecule has 2 N–H and O–H groups in total. The van der Waals surface area contributed by atoms with Crippen molar-refractivity contribution in [3.63, 3.8) is 0 Å². The molecule has 1 aliphatic rings. The van der Waals surface area contributed by atoms with Crippen LogP contribution in [0.3, 0.4) is 0 Å². The van der Waals surface area contributed by atoms with Gasteiger partial charge < -0.3 is 10.4 Å². The molecule has 150 valence electrons. The van der Waals surface area contributed by atoms with Crippen molar-refractivity contribution in [2.24, 2.45) is 5.92 Å². The van der Waals surface area contributed by atoms with E-state index in [2.05, 4.69) is 5.32 Å². The molecule has 7 nitrogen and oxygen atoms in total. The Bertz CT molecular complexity index is 761. The fourth-order valence-electron chi connectivity index (χ4n) is 3.20. The number of nitrogens with zero attached hydrogens (tertiary/aromatic N) is 1. The predicted molar refractivity (Wildman–Crippen MR) is 102 cm³/mol. The number of unbranched alkanes of at least 4 members (excludes halogenated alkanes) is 1. The van der Waals surface area contributed by atoms with Gasteiger partial charge in [-0.2, -0.15) is 4.31 Å². The lowest BCUT2D eigenvalue weighted by atomic mass is 10.0. The highest BCUT2D eigenvalue weighted by atomic mass is 32.2. The first kappa shape index (κ1) is 21.4. The molecule has 0 aromatic heterocycles. The van der Waals surface area contributed by atoms with Crippen LogP contribution in [-0.4, -0.2) is 48.8 Å². The second-order valence-electron chi connectivity index (χ2n) is 7.14. The maximum atomic E-state index is 12.7. The van der Waals surface area contributed by atoms with Crippen molar-refractivity contribution in [3.05, 3.63) is 29.8 Å². The summed E-state index contributed by atoms with van der Waals surface area (Å²) in [5, 5.41) is 11.7. The molecule has 1 heterocycles. The number of sulfonamides is 1. The third-order valence-corrected chi connectivity index (χ3v) is 6.70. The molecular weight excluding hydrogens is 368 g/mol. The van der Waals surface area contributed by atoms with Gasteiger partial charge in [0.1, 0.15) is 6.04 Å². The van der Waals surface area contributed by atoms with Crippen molar-refractivity contribution in [3.8, 4) is 0 Å². The number of carbonyl (C=O) groups excluding carboxylic acids is 1. The molecule has 0 bridgehead atoms. The summed E-state index contributed by atoms with van der Waals surface area (Å²) in [6.45, 7) is 4.99. The van der Waals surface area contributed by atoms with E-state index in [1.165, 1.54) is 28.6 Å². The van der Waals surface area contributed by atoms with Gasteiger partial charge in [0.15, 0.2) is 0 Å². The minimum atomic E-state index is -3.58. The van der Waals surface area contributed by atoms with Crippen LogP contribution in [0.2, 0.25) is 0 Å². The average molecular weight is 397 g/mol. The van der Waals surface area contributed by atoms with Crippen LogP contribution in [0.5, 0.6) is 0 Å². The van der Waals surface area contributed by atoms with Crippen LogP contribution in [0.15, 0.2) is 29.2 Å². The number of nitrogens with one attached hydrogen (secondary N) is 1. The monoisotopic (exact) mass is 396 g/mol. The summed E-state index contributed by atoms with van der Waals surface area (Å²) < 4.78 is 27.0. The summed E-state index contributed by atoms with van der Waals surface area (Å²) in [7, 11) is -3.58. The highest BCUT2D eigenvalue weighted by Crippen LogP contribution is 2.23. The molecule has 2 unspecified atom stereocenters. The number of amides is 1. The van der Waals surface area contributed by atoms with Gasteiger partial charge in [-0.15, -0.1) is 0 Å². The Kier molecular flexibility index (Phi) is 7.38. The maximum absolute atomic E-state index is 12.7. The van der Waals surface area contributed by atoms with Crippen molar-refractivity contribution in [1.82, 2.24) is 9.62 Å². The first-order valence-corrected chi connectivity index (χ1v) is 10.8. The number of benzene rings is 1. The summed E-state index contributed by atoms with van der Waals surface area (Å²) >= 11 is 0. The quantitative estimate of drug-likeness (QED) is 0.702. The molecule has 1 amide bonds. The van der Waals surface area contributed by atoms with Crippen LogP contribution in [0, 0.1) is 5.92 Å². The Balaban J connectivity index is 2.09. The second-order valence-corrected chi connectivity index (χ2v) is 9.08. The molecule has 1 fully saturated rings. The largest absolute Gasteiger partial charge is 0.480 e. The average Bonchev–Trinajstić information content (AvgIpc) is 2.64. The number of aliphatic carboxylic acids is 1. The van der Waals surface area contributed by atoms with Gasteiger partial charge in [0, 0.05) is 18.7 Å². The molecule has 0 aliphatic carbocycles. The zero-order valence-corrected chi connectivity index (χ0v) is 16.7. The lowest BCUT2D eigenvalue weighted by molar-refractivity contribution is -0.139. The Morgan fingerprint density at radius 2 is 1.96 bits per heavy atom. The molecule has 0 spiro atoms. The summed E-state index contributed by atoms with van der Waals surface area (Å²) in [5.74, 6) is -1.26. The van der Waals surface area contributed by atoms with Crippen molar-refractivity contribution < 1.29 is 23.1 Å². The zero-order valence-electron chi connectivity index (χ0n) is 15.8. The van der Waals surface area contributed by atoms with Crippen molar-refractivity contribution >= 4 is 21.9 Å². The number of carbonyl (C=O) groups is 2. The van der Waals surface area contributed by atoms with Gasteiger partial charge in [-0.25, -0.2) is 13.2 Å². The van der Waals surface area contributed by atoms with Crippen LogP contribution in [0.1, 0.15) is 56.3 Å². The number of carboxylic acid groups (broad SMARTS) is 1. The highest BCUT2D eigenvalue weighted by molar-refractivity contribution is 7.89. The van der Waals surface area contributed by atoms with E-state index in [-0.39, 0.29) is 10.5 Å². The summed E-state index contributed by atoms with van der Waals surface area (Å²) in [4.78, 5) is 23.7. The van der Waals surface area contributed by atoms with E-state index in [0.29, 0.717) is 31.8 Å². The minimum Gasteiger partial charge on any atom is -0.480 e. The minimum absolute atomic E-state index is 0.147. The van der Waals surface area contributed by atoms with E-state index in [0.717, 1.165) is 19.3 Å². The van der Waals surface area contributed by atoms with Crippen molar-refractivity contribution in [2.45, 2.75) is 56.9 Å². The molecule has 1 aromatic carbocycles. The molecule has 0 saturated carbocycles. The van der Waals surface area contributed by atoms with Crippen molar-refractivity contribution in [1.29, 1.82) is 0 Å². The fourth-order valence-corrected chi connectivity index (χ4v) is 4.80. The molecule has 2 atom stereocenters. The molecule has 1 aliphatic heterocycles. The van der Waals surface area contributed by atoms with Gasteiger partial charge >= 0.3 is 5.97 Å². The van der Waals surface area contributed by atoms with E-state index < -0.39 is 27.9 Å². The number of rotatable bonds is 8. The fraction of sp³-hybridized carbons (Fsp3) is 0.579. The lowest BCUT2D eigenvalue weighted by Crippen LogP contribution is -2.40. The standard InChI is InChI=1S/C19H28N2O5S/c1-3-4-7-17(19(23)24)20-18(22)15-8-10-16(11-9-15)27(25,26)21-12-5-6-14(2)13-21/h8-11,14,17H,3-7,12-13H2,1-2H3,(H,20,22)(H,23,24). The Labute approximate surface area is 160 Å². The normalized spacial score (nSPS) is 19.4. The van der Waals surface area contributed by atoms with Crippen LogP contribution >= 0.6 is 0 Å². The van der Waals surface area contributed by atoms with E-state index in [4.69, 9.17) is 0 Å². The van der Waals surface area contributed by atoms with E-state index in [9.17, 15) is 23.1 Å². The number of hydrogen-bond acceptors (Lipinski definition) is 4. The van der Waals surface area contributed by atoms with E-state index in [1.54, 1.807) is 0 Å². The molecular formula is C19H28N2O5S. The lowest BCUT2D eigenvalue weighted by Gasteiger charge is -2.30. The third kappa shape index (κ3) is 5.52. The first-order chi connectivity index (χ1) is 12.8. The van der Waals surface area contributed by atoms with Gasteiger partial charge in [0.2, 0.25) is 10.0 Å². The van der Waals surface area contributed by atoms with Crippen LogP contribution in [0.4, 0.5) is 0 Å². The Hall–Kier alpha value is -1.93. The molecule has 1 saturated heterocycles. The SMILES string of the molecule is CCCCC(NC(=O)c1ccc(S(=O)(=O)N2CCCC(C)C2)cc1)C(=O)O. The van der Waals surface area contributed by atoms with Gasteiger partial charge in [-0.3, -0.25) is 4.79 Å². The Morgan fingerprint density at radius 3 is 2.52 bits per heavy atom. The van der Waals surface area contributed by atoms with Gasteiger partial charge in [0.25, 0.3) is 5.91 Å². The number of hydrogen-bond donors (Lipinski definition) is 2. The number of carboxylic acids is 1. The van der Waals surface area contributed by atoms with Crippen LogP contribution in [-0.2, 0) is 14.8 Å². The topological polar surface area (TPSA) is 104 Å². The van der Waals surface area contributed by atoms with Gasteiger partial charge in [-0.1, -0.05) is 26.7 Å². The predicted octanol–water partition coefficient (Wildman–Crippen LogP) is 2.48. The number of piperidine rings is 1. The highest BCUT2D eigenvalue weighted by Gasteiger charge is 2.29. The summed E-state index contributed by atoms with van der Waals surface area (Å²) in [6.07, 6.45) is 3.75. The third-order valence-electron chi connectivity index (χ3n) is 4.82. The molecule has 1 aromatic rings. The van der Waals surface area contributed by atoms with E-state index in [1.807, 2.05) is 13.8 Å². The molecule has 2 rings (SSSR count). The summed E-state index contributed by atoms with van der Waals surface area (Å²) in [6, 6.07) is 4.72. The first-order valence-electron chi connectivity index (χ1n) is 9.39. The Morgan fingerprint density at radius 1 is 1.30 bits per heavy atom. The van der Waals surface area contributed by atoms with E-state index >= 15 is 0 Å². The maximum Gasteiger partial charge on any atom is 0.326 e. The molecule has 8 heteroatoms. The molecule has 27 heavy (non-hydrogen) atoms. The van der Waals surface area contributed by atoms with Crippen molar-refractivity contribution in [2.75, 3.05) is 13.1 Å². The second kappa shape index (κ2) is 9.32. The summed E-state index contributed by atoms with van der Waals surface area (Å²) in [5.41, 5.74) is 0.240. The zero-order chi connectivity index (χ0) is 20.0. The van der Waals surface area contributed by atoms with Gasteiger partial charge in [0.05, 0.1) is 4.90 Å². The van der Waals surface area contributed by atoms with Crippen LogP contribution < -0.4 is 5.32 Å². The van der Waals surface area contributed by atoms with Crippen LogP contribution in [0.25, 0.3) is 0 Å².